The van der Waals surface area contributed by atoms with Gasteiger partial charge in [0.1, 0.15) is 9.88 Å². The number of benzene rings is 1. The van der Waals surface area contributed by atoms with Gasteiger partial charge in [-0.25, -0.2) is 4.98 Å². The molecule has 0 aliphatic heterocycles. The summed E-state index contributed by atoms with van der Waals surface area (Å²) in [4.78, 5) is 17.5. The predicted octanol–water partition coefficient (Wildman–Crippen LogP) is 3.88. The quantitative estimate of drug-likeness (QED) is 0.428. The van der Waals surface area contributed by atoms with E-state index in [1.165, 1.54) is 34.4 Å². The van der Waals surface area contributed by atoms with Crippen LogP contribution >= 0.6 is 34.4 Å². The smallest absolute Gasteiger partial charge is 0.282 e. The number of rotatable bonds is 7. The van der Waals surface area contributed by atoms with Crippen LogP contribution in [-0.4, -0.2) is 31.3 Å². The van der Waals surface area contributed by atoms with Gasteiger partial charge in [-0.3, -0.25) is 4.79 Å². The molecular weight excluding hydrogens is 428 g/mol. The van der Waals surface area contributed by atoms with Crippen LogP contribution in [-0.2, 0) is 12.3 Å². The second-order valence-electron chi connectivity index (χ2n) is 5.98. The molecule has 0 fully saturated rings. The van der Waals surface area contributed by atoms with Gasteiger partial charge >= 0.3 is 0 Å². The number of aromatic nitrogens is 5. The highest BCUT2D eigenvalue weighted by Gasteiger charge is 2.17. The highest BCUT2D eigenvalue weighted by Crippen LogP contribution is 2.31. The lowest BCUT2D eigenvalue weighted by Gasteiger charge is -2.01. The summed E-state index contributed by atoms with van der Waals surface area (Å²) in [5, 5.41) is 21.5. The van der Waals surface area contributed by atoms with Crippen molar-refractivity contribution in [1.29, 1.82) is 0 Å². The number of thioether (sulfide) groups is 1. The van der Waals surface area contributed by atoms with Gasteiger partial charge < -0.3 is 9.73 Å². The molecule has 0 radical (unpaired) electrons. The molecular formula is C18H16N6O2S3. The number of carbonyl (C=O) groups is 1. The van der Waals surface area contributed by atoms with Crippen LogP contribution in [0.5, 0.6) is 0 Å². The number of thiazole rings is 1. The minimum Gasteiger partial charge on any atom is -0.410 e. The Hall–Kier alpha value is -2.63. The Morgan fingerprint density at radius 3 is 2.69 bits per heavy atom. The van der Waals surface area contributed by atoms with Crippen LogP contribution in [0.3, 0.4) is 0 Å². The lowest BCUT2D eigenvalue weighted by atomic mass is 10.2. The third kappa shape index (κ3) is 4.86. The summed E-state index contributed by atoms with van der Waals surface area (Å²) in [6, 6.07) is 9.71. The van der Waals surface area contributed by atoms with Crippen molar-refractivity contribution in [3.8, 4) is 10.8 Å². The average Bonchev–Trinajstić information content (AvgIpc) is 3.45. The first-order valence-electron chi connectivity index (χ1n) is 8.63. The molecule has 0 aliphatic rings. The molecule has 1 amide bonds. The number of hydrogen-bond acceptors (Lipinski definition) is 10. The number of amides is 1. The van der Waals surface area contributed by atoms with Gasteiger partial charge in [0.25, 0.3) is 17.0 Å². The molecule has 1 N–H and O–H groups in total. The molecule has 148 valence electrons. The van der Waals surface area contributed by atoms with Crippen LogP contribution in [0.25, 0.3) is 10.8 Å². The highest BCUT2D eigenvalue weighted by molar-refractivity contribution is 7.98. The van der Waals surface area contributed by atoms with Crippen molar-refractivity contribution in [3.05, 3.63) is 56.6 Å². The van der Waals surface area contributed by atoms with Gasteiger partial charge in [-0.2, -0.15) is 0 Å². The van der Waals surface area contributed by atoms with Gasteiger partial charge in [-0.05, 0) is 19.4 Å². The van der Waals surface area contributed by atoms with Gasteiger partial charge in [-0.1, -0.05) is 53.4 Å². The number of hydrogen-bond donors (Lipinski definition) is 1. The summed E-state index contributed by atoms with van der Waals surface area (Å²) in [5.41, 5.74) is 1.91. The van der Waals surface area contributed by atoms with E-state index in [-0.39, 0.29) is 5.91 Å². The average molecular weight is 445 g/mol. The van der Waals surface area contributed by atoms with E-state index < -0.39 is 0 Å². The van der Waals surface area contributed by atoms with Crippen molar-refractivity contribution in [1.82, 2.24) is 30.7 Å². The van der Waals surface area contributed by atoms with E-state index in [1.54, 1.807) is 0 Å². The molecule has 0 bridgehead atoms. The summed E-state index contributed by atoms with van der Waals surface area (Å²) < 4.78 is 5.72. The summed E-state index contributed by atoms with van der Waals surface area (Å²) in [6.07, 6.45) is 0. The van der Waals surface area contributed by atoms with Crippen molar-refractivity contribution >= 4 is 40.3 Å². The summed E-state index contributed by atoms with van der Waals surface area (Å²) in [5.74, 6) is 0.721. The van der Waals surface area contributed by atoms with E-state index in [0.29, 0.717) is 33.4 Å². The van der Waals surface area contributed by atoms with Crippen molar-refractivity contribution in [2.24, 2.45) is 0 Å². The molecule has 29 heavy (non-hydrogen) atoms. The predicted molar refractivity (Wildman–Crippen MR) is 112 cm³/mol. The minimum atomic E-state index is -0.237. The molecule has 0 spiro atoms. The van der Waals surface area contributed by atoms with E-state index in [2.05, 4.69) is 30.7 Å². The van der Waals surface area contributed by atoms with Crippen LogP contribution in [0.4, 0.5) is 0 Å². The molecule has 3 heterocycles. The summed E-state index contributed by atoms with van der Waals surface area (Å²) in [6.45, 7) is 4.31. The number of nitrogens with one attached hydrogen (secondary N) is 1. The lowest BCUT2D eigenvalue weighted by Crippen LogP contribution is -2.22. The zero-order chi connectivity index (χ0) is 20.2. The fourth-order valence-electron chi connectivity index (χ4n) is 2.47. The first-order valence-corrected chi connectivity index (χ1v) is 11.3. The highest BCUT2D eigenvalue weighted by atomic mass is 32.2. The van der Waals surface area contributed by atoms with Crippen LogP contribution in [0, 0.1) is 13.8 Å². The fourth-order valence-corrected chi connectivity index (χ4v) is 4.82. The maximum absolute atomic E-state index is 12.2. The largest absolute Gasteiger partial charge is 0.410 e. The molecule has 0 saturated heterocycles. The van der Waals surface area contributed by atoms with Crippen molar-refractivity contribution < 1.29 is 9.21 Å². The molecule has 4 rings (SSSR count). The molecule has 1 aromatic carbocycles. The number of carbonyl (C=O) groups excluding carboxylic acids is 1. The first kappa shape index (κ1) is 19.7. The molecule has 0 atom stereocenters. The Morgan fingerprint density at radius 2 is 1.93 bits per heavy atom. The van der Waals surface area contributed by atoms with Crippen LogP contribution in [0.2, 0.25) is 0 Å². The molecule has 3 aromatic heterocycles. The van der Waals surface area contributed by atoms with Gasteiger partial charge in [0.05, 0.1) is 16.5 Å². The van der Waals surface area contributed by atoms with Crippen molar-refractivity contribution in [2.75, 3.05) is 0 Å². The van der Waals surface area contributed by atoms with Crippen LogP contribution in [0.1, 0.15) is 31.1 Å². The third-order valence-corrected chi connectivity index (χ3v) is 6.78. The Morgan fingerprint density at radius 1 is 1.10 bits per heavy atom. The van der Waals surface area contributed by atoms with Gasteiger partial charge in [0, 0.05) is 6.54 Å². The molecule has 0 saturated carbocycles. The molecule has 8 nitrogen and oxygen atoms in total. The monoisotopic (exact) mass is 444 g/mol. The minimum absolute atomic E-state index is 0.237. The molecule has 0 aliphatic carbocycles. The van der Waals surface area contributed by atoms with Crippen LogP contribution in [0.15, 0.2) is 40.0 Å². The standard InChI is InChI=1S/C18H16N6O2S3/c1-10-14(28-11(2)20-10)16-22-24-18(26-16)27-9-13-21-23-17(29-13)15(25)19-8-12-6-4-3-5-7-12/h3-7H,8-9H2,1-2H3,(H,19,25). The Balaban J connectivity index is 1.33. The SMILES string of the molecule is Cc1nc(C)c(-c2nnc(SCc3nnc(C(=O)NCc4ccccc4)s3)o2)s1. The topological polar surface area (TPSA) is 107 Å². The molecule has 0 unspecified atom stereocenters. The number of aryl methyl sites for hydroxylation is 2. The molecule has 11 heteroatoms. The first-order chi connectivity index (χ1) is 14.1. The number of nitrogens with zero attached hydrogens (tertiary/aromatic N) is 5. The van der Waals surface area contributed by atoms with E-state index in [4.69, 9.17) is 4.42 Å². The molecule has 4 aromatic rings. The maximum atomic E-state index is 12.2. The Kier molecular flexibility index (Phi) is 5.97. The van der Waals surface area contributed by atoms with Crippen molar-refractivity contribution in [3.63, 3.8) is 0 Å². The van der Waals surface area contributed by atoms with Crippen LogP contribution < -0.4 is 5.32 Å². The van der Waals surface area contributed by atoms with Gasteiger partial charge in [0.15, 0.2) is 0 Å². The lowest BCUT2D eigenvalue weighted by molar-refractivity contribution is 0.0950. The second-order valence-corrected chi connectivity index (χ2v) is 9.17. The van der Waals surface area contributed by atoms with Gasteiger partial charge in [-0.15, -0.1) is 31.7 Å². The van der Waals surface area contributed by atoms with E-state index in [9.17, 15) is 4.79 Å². The van der Waals surface area contributed by atoms with Crippen molar-refractivity contribution in [2.45, 2.75) is 31.4 Å². The zero-order valence-electron chi connectivity index (χ0n) is 15.6. The summed E-state index contributed by atoms with van der Waals surface area (Å²) in [7, 11) is 0. The zero-order valence-corrected chi connectivity index (χ0v) is 18.0. The van der Waals surface area contributed by atoms with E-state index in [0.717, 1.165) is 21.1 Å². The Labute approximate surface area is 178 Å². The summed E-state index contributed by atoms with van der Waals surface area (Å²) >= 11 is 4.13. The normalized spacial score (nSPS) is 11.0. The van der Waals surface area contributed by atoms with Gasteiger partial charge in [0.2, 0.25) is 5.01 Å². The maximum Gasteiger partial charge on any atom is 0.282 e. The van der Waals surface area contributed by atoms with E-state index >= 15 is 0 Å². The van der Waals surface area contributed by atoms with E-state index in [1.807, 2.05) is 44.2 Å². The second kappa shape index (κ2) is 8.80. The fraction of sp³-hybridized carbons (Fsp3) is 0.222. The Bertz CT molecular complexity index is 1120. The third-order valence-electron chi connectivity index (χ3n) is 3.78.